The third-order valence-corrected chi connectivity index (χ3v) is 6.43. The minimum absolute atomic E-state index is 0.159. The largest absolute Gasteiger partial charge is 0.273 e. The summed E-state index contributed by atoms with van der Waals surface area (Å²) in [6.45, 7) is 0. The van der Waals surface area contributed by atoms with Gasteiger partial charge in [-0.25, -0.2) is 0 Å². The summed E-state index contributed by atoms with van der Waals surface area (Å²) in [7, 11) is 0. The number of rotatable bonds is 4. The van der Waals surface area contributed by atoms with Gasteiger partial charge < -0.3 is 0 Å². The van der Waals surface area contributed by atoms with Crippen LogP contribution >= 0.6 is 0 Å². The Balaban J connectivity index is 1.53. The maximum absolute atomic E-state index is 5.33. The van der Waals surface area contributed by atoms with Crippen molar-refractivity contribution < 1.29 is 0 Å². The molecule has 2 aliphatic rings. The van der Waals surface area contributed by atoms with Crippen LogP contribution < -0.4 is 0 Å². The standard InChI is InChI=1S/C30H24N2/c1-5-13-22(14-6-1)26-21-27(23-15-7-2-8-16-23)32-29(25-19-11-4-12-20-25)30(32)28(31-26)24-17-9-3-10-18-24/h1-21,27,29-30H/t27-,29-,30-,32?/m1/s1. The number of fused-ring (bicyclic) bond motifs is 1. The summed E-state index contributed by atoms with van der Waals surface area (Å²) in [5.74, 6) is 0. The number of hydrogen-bond acceptors (Lipinski definition) is 2. The van der Waals surface area contributed by atoms with Crippen molar-refractivity contribution in [2.75, 3.05) is 0 Å². The van der Waals surface area contributed by atoms with Crippen LogP contribution in [0.2, 0.25) is 0 Å². The molecule has 1 fully saturated rings. The van der Waals surface area contributed by atoms with Gasteiger partial charge in [0.25, 0.3) is 0 Å². The SMILES string of the molecule is C1=C(c2ccccc2)N=C(c2ccccc2)[C@@H]2[C@@H](c3ccccc3)N2[C@H]1c1ccccc1. The van der Waals surface area contributed by atoms with E-state index < -0.39 is 0 Å². The Morgan fingerprint density at radius 1 is 0.500 bits per heavy atom. The molecule has 1 saturated heterocycles. The summed E-state index contributed by atoms with van der Waals surface area (Å²) < 4.78 is 0. The summed E-state index contributed by atoms with van der Waals surface area (Å²) in [5.41, 5.74) is 7.18. The van der Waals surface area contributed by atoms with Crippen molar-refractivity contribution in [2.45, 2.75) is 18.1 Å². The smallest absolute Gasteiger partial charge is 0.0740 e. The van der Waals surface area contributed by atoms with Crippen molar-refractivity contribution >= 4 is 11.4 Å². The fourth-order valence-corrected chi connectivity index (χ4v) is 4.89. The molecule has 32 heavy (non-hydrogen) atoms. The predicted octanol–water partition coefficient (Wildman–Crippen LogP) is 6.70. The lowest BCUT2D eigenvalue weighted by Crippen LogP contribution is -2.15. The van der Waals surface area contributed by atoms with Crippen molar-refractivity contribution in [1.82, 2.24) is 4.90 Å². The molecular weight excluding hydrogens is 388 g/mol. The molecule has 4 atom stereocenters. The van der Waals surface area contributed by atoms with Gasteiger partial charge in [0, 0.05) is 0 Å². The number of benzene rings is 4. The molecule has 0 aromatic heterocycles. The van der Waals surface area contributed by atoms with E-state index in [2.05, 4.69) is 132 Å². The highest BCUT2D eigenvalue weighted by atomic mass is 15.4. The summed E-state index contributed by atoms with van der Waals surface area (Å²) in [6.07, 6.45) is 2.34. The predicted molar refractivity (Wildman–Crippen MR) is 131 cm³/mol. The molecule has 2 nitrogen and oxygen atoms in total. The second kappa shape index (κ2) is 8.07. The molecule has 1 unspecified atom stereocenters. The first-order valence-electron chi connectivity index (χ1n) is 11.2. The van der Waals surface area contributed by atoms with Crippen LogP contribution in [0.3, 0.4) is 0 Å². The lowest BCUT2D eigenvalue weighted by Gasteiger charge is -2.17. The topological polar surface area (TPSA) is 15.4 Å². The van der Waals surface area contributed by atoms with Gasteiger partial charge >= 0.3 is 0 Å². The summed E-state index contributed by atoms with van der Waals surface area (Å²) >= 11 is 0. The van der Waals surface area contributed by atoms with Crippen molar-refractivity contribution in [3.05, 3.63) is 150 Å². The Morgan fingerprint density at radius 3 is 1.59 bits per heavy atom. The zero-order chi connectivity index (χ0) is 21.3. The number of aliphatic imine (C=N–C) groups is 1. The molecule has 2 heteroatoms. The Morgan fingerprint density at radius 2 is 1.00 bits per heavy atom. The third-order valence-electron chi connectivity index (χ3n) is 6.43. The molecular formula is C30H24N2. The zero-order valence-electron chi connectivity index (χ0n) is 17.8. The van der Waals surface area contributed by atoms with Crippen LogP contribution in [-0.4, -0.2) is 16.7 Å². The van der Waals surface area contributed by atoms with E-state index in [0.717, 1.165) is 17.0 Å². The Kier molecular flexibility index (Phi) is 4.78. The maximum atomic E-state index is 5.33. The second-order valence-corrected chi connectivity index (χ2v) is 8.38. The average Bonchev–Trinajstić information content (AvgIpc) is 3.63. The molecule has 0 aliphatic carbocycles. The van der Waals surface area contributed by atoms with Gasteiger partial charge in [0.15, 0.2) is 0 Å². The van der Waals surface area contributed by atoms with E-state index in [0.29, 0.717) is 6.04 Å². The number of hydrogen-bond donors (Lipinski definition) is 0. The fourth-order valence-electron chi connectivity index (χ4n) is 4.89. The Bertz CT molecular complexity index is 1260. The van der Waals surface area contributed by atoms with Crippen LogP contribution in [0.5, 0.6) is 0 Å². The lowest BCUT2D eigenvalue weighted by atomic mass is 10.0. The summed E-state index contributed by atoms with van der Waals surface area (Å²) in [6, 6.07) is 43.6. The van der Waals surface area contributed by atoms with Crippen LogP contribution in [-0.2, 0) is 0 Å². The van der Waals surface area contributed by atoms with E-state index >= 15 is 0 Å². The van der Waals surface area contributed by atoms with E-state index in [-0.39, 0.29) is 12.1 Å². The highest BCUT2D eigenvalue weighted by Crippen LogP contribution is 2.53. The third kappa shape index (κ3) is 3.39. The van der Waals surface area contributed by atoms with Gasteiger partial charge in [0.2, 0.25) is 0 Å². The molecule has 0 saturated carbocycles. The fraction of sp³-hybridized carbons (Fsp3) is 0.100. The summed E-state index contributed by atoms with van der Waals surface area (Å²) in [5, 5.41) is 0. The highest BCUT2D eigenvalue weighted by molar-refractivity contribution is 6.09. The van der Waals surface area contributed by atoms with Crippen LogP contribution in [0, 0.1) is 0 Å². The summed E-state index contributed by atoms with van der Waals surface area (Å²) in [4.78, 5) is 7.93. The van der Waals surface area contributed by atoms with Crippen LogP contribution in [0.15, 0.2) is 132 Å². The average molecular weight is 413 g/mol. The minimum atomic E-state index is 0.159. The lowest BCUT2D eigenvalue weighted by molar-refractivity contribution is 0.438. The molecule has 4 aromatic rings. The molecule has 2 aliphatic heterocycles. The molecule has 0 bridgehead atoms. The number of nitrogens with zero attached hydrogens (tertiary/aromatic N) is 2. The first-order valence-corrected chi connectivity index (χ1v) is 11.2. The van der Waals surface area contributed by atoms with Crippen molar-refractivity contribution in [3.63, 3.8) is 0 Å². The van der Waals surface area contributed by atoms with E-state index in [1.165, 1.54) is 16.7 Å². The molecule has 0 N–H and O–H groups in total. The van der Waals surface area contributed by atoms with Gasteiger partial charge in [0.1, 0.15) is 0 Å². The van der Waals surface area contributed by atoms with Gasteiger partial charge in [-0.2, -0.15) is 0 Å². The molecule has 6 rings (SSSR count). The monoisotopic (exact) mass is 412 g/mol. The molecule has 0 spiro atoms. The van der Waals surface area contributed by atoms with Gasteiger partial charge in [-0.05, 0) is 28.3 Å². The van der Waals surface area contributed by atoms with Gasteiger partial charge in [-0.1, -0.05) is 121 Å². The first kappa shape index (κ1) is 19.0. The van der Waals surface area contributed by atoms with Gasteiger partial charge in [-0.3, -0.25) is 9.89 Å². The zero-order valence-corrected chi connectivity index (χ0v) is 17.8. The van der Waals surface area contributed by atoms with E-state index in [9.17, 15) is 0 Å². The Hall–Kier alpha value is -3.75. The minimum Gasteiger partial charge on any atom is -0.273 e. The molecule has 154 valence electrons. The molecule has 0 amide bonds. The maximum Gasteiger partial charge on any atom is 0.0740 e. The highest BCUT2D eigenvalue weighted by Gasteiger charge is 2.55. The van der Waals surface area contributed by atoms with Crippen LogP contribution in [0.1, 0.15) is 34.3 Å². The van der Waals surface area contributed by atoms with Crippen LogP contribution in [0.4, 0.5) is 0 Å². The molecule has 0 radical (unpaired) electrons. The van der Waals surface area contributed by atoms with E-state index in [1.807, 2.05) is 0 Å². The van der Waals surface area contributed by atoms with E-state index in [4.69, 9.17) is 4.99 Å². The van der Waals surface area contributed by atoms with Crippen molar-refractivity contribution in [2.24, 2.45) is 4.99 Å². The Labute approximate surface area is 189 Å². The molecule has 2 heterocycles. The second-order valence-electron chi connectivity index (χ2n) is 8.38. The van der Waals surface area contributed by atoms with Crippen molar-refractivity contribution in [3.8, 4) is 0 Å². The van der Waals surface area contributed by atoms with Gasteiger partial charge in [-0.15, -0.1) is 0 Å². The van der Waals surface area contributed by atoms with Crippen LogP contribution in [0.25, 0.3) is 5.70 Å². The first-order chi connectivity index (χ1) is 15.9. The quantitative estimate of drug-likeness (QED) is 0.341. The van der Waals surface area contributed by atoms with Crippen molar-refractivity contribution in [1.29, 1.82) is 0 Å². The van der Waals surface area contributed by atoms with Gasteiger partial charge in [0.05, 0.1) is 29.5 Å². The normalized spacial score (nSPS) is 24.0. The molecule has 4 aromatic carbocycles. The van der Waals surface area contributed by atoms with E-state index in [1.54, 1.807) is 0 Å².